The Balaban J connectivity index is 3.51. The van der Waals surface area contributed by atoms with Crippen molar-refractivity contribution < 1.29 is 18.8 Å². The summed E-state index contributed by atoms with van der Waals surface area (Å²) >= 11 is 5.33. The summed E-state index contributed by atoms with van der Waals surface area (Å²) in [6, 6.07) is 0. The van der Waals surface area contributed by atoms with E-state index in [0.717, 1.165) is 6.20 Å². The Morgan fingerprint density at radius 2 is 2.27 bits per heavy atom. The zero-order chi connectivity index (χ0) is 11.6. The van der Waals surface area contributed by atoms with Crippen LogP contribution < -0.4 is 0 Å². The van der Waals surface area contributed by atoms with Gasteiger partial charge in [-0.15, -0.1) is 0 Å². The van der Waals surface area contributed by atoms with Gasteiger partial charge in [0.15, 0.2) is 0 Å². The number of hydrogen-bond donors (Lipinski definition) is 1. The molecule has 5 nitrogen and oxygen atoms in total. The van der Waals surface area contributed by atoms with Crippen LogP contribution in [0.1, 0.15) is 17.6 Å². The molecule has 1 aromatic heterocycles. The largest absolute Gasteiger partial charge is 0.392 e. The van der Waals surface area contributed by atoms with Crippen LogP contribution in [0, 0.1) is 10.1 Å². The molecule has 0 saturated heterocycles. The second-order valence-corrected chi connectivity index (χ2v) is 2.91. The van der Waals surface area contributed by atoms with Gasteiger partial charge in [-0.1, -0.05) is 11.6 Å². The van der Waals surface area contributed by atoms with Crippen LogP contribution in [0.4, 0.5) is 14.5 Å². The van der Waals surface area contributed by atoms with E-state index in [1.165, 1.54) is 0 Å². The molecule has 0 aliphatic rings. The third kappa shape index (κ3) is 2.18. The molecule has 15 heavy (non-hydrogen) atoms. The standard InChI is InChI=1S/C7H5ClF2N2O3/c8-6-5(12(14)15)4(7(9)10)3(2-13)1-11-6/h1,7,13H,2H2. The Morgan fingerprint density at radius 3 is 2.67 bits per heavy atom. The number of rotatable bonds is 3. The Bertz CT molecular complexity index is 400. The SMILES string of the molecule is O=[N+]([O-])c1c(Cl)ncc(CO)c1C(F)F. The van der Waals surface area contributed by atoms with Gasteiger partial charge < -0.3 is 5.11 Å². The highest BCUT2D eigenvalue weighted by Crippen LogP contribution is 2.35. The number of nitro groups is 1. The molecule has 0 spiro atoms. The molecular formula is C7H5ClF2N2O3. The lowest BCUT2D eigenvalue weighted by molar-refractivity contribution is -0.386. The van der Waals surface area contributed by atoms with E-state index in [0.29, 0.717) is 0 Å². The summed E-state index contributed by atoms with van der Waals surface area (Å²) in [6.45, 7) is -0.759. The molecule has 8 heteroatoms. The van der Waals surface area contributed by atoms with Crippen LogP contribution in [0.5, 0.6) is 0 Å². The Kier molecular flexibility index (Phi) is 3.48. The van der Waals surface area contributed by atoms with Crippen LogP contribution >= 0.6 is 11.6 Å². The average Bonchev–Trinajstić information content (AvgIpc) is 2.16. The summed E-state index contributed by atoms with van der Waals surface area (Å²) in [4.78, 5) is 12.8. The molecule has 0 amide bonds. The van der Waals surface area contributed by atoms with E-state index >= 15 is 0 Å². The minimum Gasteiger partial charge on any atom is -0.392 e. The van der Waals surface area contributed by atoms with Crippen molar-refractivity contribution in [1.29, 1.82) is 0 Å². The maximum Gasteiger partial charge on any atom is 0.315 e. The summed E-state index contributed by atoms with van der Waals surface area (Å²) in [7, 11) is 0. The summed E-state index contributed by atoms with van der Waals surface area (Å²) < 4.78 is 25.0. The van der Waals surface area contributed by atoms with Crippen LogP contribution in [-0.2, 0) is 6.61 Å². The molecular weight excluding hydrogens is 234 g/mol. The number of halogens is 3. The highest BCUT2D eigenvalue weighted by Gasteiger charge is 2.29. The normalized spacial score (nSPS) is 10.7. The molecule has 0 atom stereocenters. The van der Waals surface area contributed by atoms with Crippen molar-refractivity contribution in [3.63, 3.8) is 0 Å². The van der Waals surface area contributed by atoms with Gasteiger partial charge in [0.2, 0.25) is 5.15 Å². The van der Waals surface area contributed by atoms with Crippen LogP contribution in [0.2, 0.25) is 5.15 Å². The molecule has 0 fully saturated rings. The van der Waals surface area contributed by atoms with Crippen molar-refractivity contribution in [1.82, 2.24) is 4.98 Å². The van der Waals surface area contributed by atoms with Crippen LogP contribution in [0.3, 0.4) is 0 Å². The maximum atomic E-state index is 12.5. The third-order valence-corrected chi connectivity index (χ3v) is 1.98. The van der Waals surface area contributed by atoms with Gasteiger partial charge in [-0.05, 0) is 0 Å². The molecule has 82 valence electrons. The van der Waals surface area contributed by atoms with Crippen molar-refractivity contribution in [2.24, 2.45) is 0 Å². The molecule has 0 aliphatic heterocycles. The highest BCUT2D eigenvalue weighted by molar-refractivity contribution is 6.31. The fourth-order valence-electron chi connectivity index (χ4n) is 1.07. The first kappa shape index (κ1) is 11.7. The maximum absolute atomic E-state index is 12.5. The fraction of sp³-hybridized carbons (Fsp3) is 0.286. The van der Waals surface area contributed by atoms with E-state index in [1.807, 2.05) is 0 Å². The predicted octanol–water partition coefficient (Wildman–Crippen LogP) is 2.07. The number of alkyl halides is 2. The van der Waals surface area contributed by atoms with Crippen molar-refractivity contribution >= 4 is 17.3 Å². The van der Waals surface area contributed by atoms with E-state index in [4.69, 9.17) is 16.7 Å². The molecule has 1 heterocycles. The fourth-order valence-corrected chi connectivity index (χ4v) is 1.29. The van der Waals surface area contributed by atoms with E-state index < -0.39 is 34.4 Å². The lowest BCUT2D eigenvalue weighted by Gasteiger charge is -2.07. The summed E-state index contributed by atoms with van der Waals surface area (Å²) in [5, 5.41) is 18.6. The van der Waals surface area contributed by atoms with Gasteiger partial charge in [-0.25, -0.2) is 13.8 Å². The number of nitrogens with zero attached hydrogens (tertiary/aromatic N) is 2. The van der Waals surface area contributed by atoms with Gasteiger partial charge in [0.25, 0.3) is 6.43 Å². The topological polar surface area (TPSA) is 76.3 Å². The van der Waals surface area contributed by atoms with Crippen molar-refractivity contribution in [3.05, 3.63) is 32.6 Å². The van der Waals surface area contributed by atoms with Crippen molar-refractivity contribution in [2.75, 3.05) is 0 Å². The number of hydrogen-bond acceptors (Lipinski definition) is 4. The molecule has 0 radical (unpaired) electrons. The Morgan fingerprint density at radius 1 is 1.67 bits per heavy atom. The number of aliphatic hydroxyl groups excluding tert-OH is 1. The van der Waals surface area contributed by atoms with Gasteiger partial charge in [0, 0.05) is 11.8 Å². The lowest BCUT2D eigenvalue weighted by Crippen LogP contribution is -2.03. The Hall–Kier alpha value is -1.34. The van der Waals surface area contributed by atoms with E-state index in [2.05, 4.69) is 4.98 Å². The first-order chi connectivity index (χ1) is 6.99. The van der Waals surface area contributed by atoms with Crippen molar-refractivity contribution in [3.8, 4) is 0 Å². The second-order valence-electron chi connectivity index (χ2n) is 2.55. The minimum absolute atomic E-state index is 0.305. The van der Waals surface area contributed by atoms with E-state index in [9.17, 15) is 18.9 Å². The Labute approximate surface area is 87.5 Å². The third-order valence-electron chi connectivity index (χ3n) is 1.70. The van der Waals surface area contributed by atoms with Crippen LogP contribution in [0.25, 0.3) is 0 Å². The van der Waals surface area contributed by atoms with Crippen LogP contribution in [-0.4, -0.2) is 15.0 Å². The summed E-state index contributed by atoms with van der Waals surface area (Å²) in [5.74, 6) is 0. The first-order valence-electron chi connectivity index (χ1n) is 3.69. The summed E-state index contributed by atoms with van der Waals surface area (Å²) in [5.41, 5.74) is -2.15. The molecule has 0 bridgehead atoms. The van der Waals surface area contributed by atoms with Crippen molar-refractivity contribution in [2.45, 2.75) is 13.0 Å². The molecule has 0 saturated carbocycles. The average molecular weight is 239 g/mol. The molecule has 0 unspecified atom stereocenters. The molecule has 1 aromatic rings. The second kappa shape index (κ2) is 4.45. The smallest absolute Gasteiger partial charge is 0.315 e. The van der Waals surface area contributed by atoms with E-state index in [1.54, 1.807) is 0 Å². The molecule has 1 rings (SSSR count). The number of aromatic nitrogens is 1. The van der Waals surface area contributed by atoms with Gasteiger partial charge in [0.05, 0.1) is 11.5 Å². The summed E-state index contributed by atoms with van der Waals surface area (Å²) in [6.07, 6.45) is -2.20. The number of pyridine rings is 1. The minimum atomic E-state index is -3.09. The zero-order valence-electron chi connectivity index (χ0n) is 7.15. The van der Waals surface area contributed by atoms with E-state index in [-0.39, 0.29) is 5.56 Å². The monoisotopic (exact) mass is 238 g/mol. The lowest BCUT2D eigenvalue weighted by atomic mass is 10.1. The molecule has 0 aliphatic carbocycles. The van der Waals surface area contributed by atoms with Gasteiger partial charge >= 0.3 is 5.69 Å². The molecule has 1 N–H and O–H groups in total. The van der Waals surface area contributed by atoms with Gasteiger partial charge in [-0.2, -0.15) is 0 Å². The van der Waals surface area contributed by atoms with Crippen LogP contribution in [0.15, 0.2) is 6.20 Å². The predicted molar refractivity (Wildman–Crippen MR) is 46.8 cm³/mol. The first-order valence-corrected chi connectivity index (χ1v) is 4.07. The zero-order valence-corrected chi connectivity index (χ0v) is 7.91. The van der Waals surface area contributed by atoms with Gasteiger partial charge in [-0.3, -0.25) is 10.1 Å². The van der Waals surface area contributed by atoms with Gasteiger partial charge in [0.1, 0.15) is 5.56 Å². The highest BCUT2D eigenvalue weighted by atomic mass is 35.5. The quantitative estimate of drug-likeness (QED) is 0.497. The number of aliphatic hydroxyl groups is 1. The molecule has 0 aromatic carbocycles.